The van der Waals surface area contributed by atoms with Gasteiger partial charge in [0.15, 0.2) is 0 Å². The summed E-state index contributed by atoms with van der Waals surface area (Å²) in [5.41, 5.74) is 0. The van der Waals surface area contributed by atoms with Crippen molar-refractivity contribution in [3.63, 3.8) is 0 Å². The van der Waals surface area contributed by atoms with Crippen LogP contribution in [0.25, 0.3) is 0 Å². The van der Waals surface area contributed by atoms with E-state index in [1.54, 1.807) is 11.3 Å². The molecule has 2 rings (SSSR count). The molecule has 6 heteroatoms. The maximum atomic E-state index is 12.1. The Morgan fingerprint density at radius 1 is 1.61 bits per heavy atom. The molecule has 1 aliphatic rings. The van der Waals surface area contributed by atoms with E-state index in [9.17, 15) is 8.42 Å². The van der Waals surface area contributed by atoms with Gasteiger partial charge in [0.25, 0.3) is 0 Å². The van der Waals surface area contributed by atoms with Crippen molar-refractivity contribution in [1.82, 2.24) is 4.72 Å². The first-order valence-corrected chi connectivity index (χ1v) is 8.57. The van der Waals surface area contributed by atoms with E-state index in [0.29, 0.717) is 19.6 Å². The van der Waals surface area contributed by atoms with Crippen LogP contribution in [0.2, 0.25) is 0 Å². The lowest BCUT2D eigenvalue weighted by molar-refractivity contribution is 0.126. The zero-order chi connectivity index (χ0) is 13.2. The van der Waals surface area contributed by atoms with Gasteiger partial charge in [-0.2, -0.15) is 0 Å². The molecular weight excluding hydrogens is 270 g/mol. The van der Waals surface area contributed by atoms with Crippen LogP contribution in [0.15, 0.2) is 17.5 Å². The number of nitrogens with one attached hydrogen (secondary N) is 1. The van der Waals surface area contributed by atoms with E-state index in [0.717, 1.165) is 0 Å². The molecule has 4 nitrogen and oxygen atoms in total. The highest BCUT2D eigenvalue weighted by Gasteiger charge is 2.35. The van der Waals surface area contributed by atoms with Crippen LogP contribution >= 0.6 is 11.3 Å². The highest BCUT2D eigenvalue weighted by molar-refractivity contribution is 7.90. The molecule has 0 aromatic carbocycles. The Hall–Kier alpha value is -0.430. The van der Waals surface area contributed by atoms with Crippen molar-refractivity contribution in [1.29, 1.82) is 0 Å². The Bertz CT molecular complexity index is 470. The van der Waals surface area contributed by atoms with Crippen molar-refractivity contribution in [2.75, 3.05) is 13.2 Å². The summed E-state index contributed by atoms with van der Waals surface area (Å²) in [4.78, 5) is 1.20. The standard InChI is InChI=1S/C12H19NO3S2/c1-9(11-4-3-7-17-11)8-13-18(14,15)12-5-6-16-10(12)2/h3-4,7,9-10,12-13H,5-6,8H2,1-2H3/t9-,10+,12-/m1/s1. The van der Waals surface area contributed by atoms with Gasteiger partial charge >= 0.3 is 0 Å². The molecule has 0 bridgehead atoms. The zero-order valence-electron chi connectivity index (χ0n) is 10.6. The maximum Gasteiger partial charge on any atom is 0.217 e. The summed E-state index contributed by atoms with van der Waals surface area (Å²) in [6.45, 7) is 4.84. The second kappa shape index (κ2) is 5.69. The second-order valence-corrected chi connectivity index (χ2v) is 7.68. The van der Waals surface area contributed by atoms with Crippen LogP contribution in [0, 0.1) is 0 Å². The first-order chi connectivity index (χ1) is 8.50. The largest absolute Gasteiger partial charge is 0.377 e. The van der Waals surface area contributed by atoms with Crippen LogP contribution in [0.3, 0.4) is 0 Å². The molecule has 1 fully saturated rings. The molecule has 0 amide bonds. The minimum Gasteiger partial charge on any atom is -0.377 e. The van der Waals surface area contributed by atoms with Crippen LogP contribution in [-0.4, -0.2) is 32.9 Å². The van der Waals surface area contributed by atoms with E-state index in [2.05, 4.69) is 4.72 Å². The summed E-state index contributed by atoms with van der Waals surface area (Å²) < 4.78 is 32.3. The number of hydrogen-bond acceptors (Lipinski definition) is 4. The molecule has 0 spiro atoms. The summed E-state index contributed by atoms with van der Waals surface area (Å²) >= 11 is 1.65. The smallest absolute Gasteiger partial charge is 0.217 e. The molecule has 1 N–H and O–H groups in total. The van der Waals surface area contributed by atoms with Crippen LogP contribution in [0.1, 0.15) is 31.1 Å². The molecule has 3 atom stereocenters. The second-order valence-electron chi connectivity index (χ2n) is 4.71. The van der Waals surface area contributed by atoms with Crippen molar-refractivity contribution in [2.24, 2.45) is 0 Å². The molecule has 1 saturated heterocycles. The number of rotatable bonds is 5. The normalized spacial score (nSPS) is 26.3. The average Bonchev–Trinajstić information content (AvgIpc) is 2.96. The van der Waals surface area contributed by atoms with Crippen molar-refractivity contribution in [3.8, 4) is 0 Å². The van der Waals surface area contributed by atoms with E-state index in [4.69, 9.17) is 4.74 Å². The minimum atomic E-state index is -3.27. The monoisotopic (exact) mass is 289 g/mol. The Balaban J connectivity index is 1.93. The number of ether oxygens (including phenoxy) is 1. The van der Waals surface area contributed by atoms with Gasteiger partial charge < -0.3 is 4.74 Å². The van der Waals surface area contributed by atoms with Crippen LogP contribution in [-0.2, 0) is 14.8 Å². The molecule has 102 valence electrons. The predicted octanol–water partition coefficient (Wildman–Crippen LogP) is 1.95. The topological polar surface area (TPSA) is 55.4 Å². The van der Waals surface area contributed by atoms with Crippen LogP contribution in [0.4, 0.5) is 0 Å². The number of thiophene rings is 1. The average molecular weight is 289 g/mol. The van der Waals surface area contributed by atoms with Crippen molar-refractivity contribution >= 4 is 21.4 Å². The van der Waals surface area contributed by atoms with Gasteiger partial charge in [-0.05, 0) is 24.8 Å². The summed E-state index contributed by atoms with van der Waals surface area (Å²) in [6.07, 6.45) is 0.378. The molecular formula is C12H19NO3S2. The lowest BCUT2D eigenvalue weighted by Gasteiger charge is -2.17. The zero-order valence-corrected chi connectivity index (χ0v) is 12.3. The fourth-order valence-electron chi connectivity index (χ4n) is 2.14. The third-order valence-electron chi connectivity index (χ3n) is 3.32. The van der Waals surface area contributed by atoms with Gasteiger partial charge in [0.05, 0.1) is 6.10 Å². The number of sulfonamides is 1. The molecule has 0 aliphatic carbocycles. The lowest BCUT2D eigenvalue weighted by atomic mass is 10.1. The Morgan fingerprint density at radius 3 is 2.94 bits per heavy atom. The fraction of sp³-hybridized carbons (Fsp3) is 0.667. The van der Waals surface area contributed by atoms with Gasteiger partial charge in [-0.1, -0.05) is 13.0 Å². The summed E-state index contributed by atoms with van der Waals surface area (Å²) in [5.74, 6) is 0.206. The highest BCUT2D eigenvalue weighted by atomic mass is 32.2. The van der Waals surface area contributed by atoms with E-state index in [1.807, 2.05) is 31.4 Å². The van der Waals surface area contributed by atoms with Gasteiger partial charge in [-0.15, -0.1) is 11.3 Å². The van der Waals surface area contributed by atoms with E-state index in [-0.39, 0.29) is 12.0 Å². The highest BCUT2D eigenvalue weighted by Crippen LogP contribution is 2.22. The first kappa shape index (κ1) is 14.0. The fourth-order valence-corrected chi connectivity index (χ4v) is 4.61. The molecule has 0 saturated carbocycles. The van der Waals surface area contributed by atoms with Crippen LogP contribution in [0.5, 0.6) is 0 Å². The minimum absolute atomic E-state index is 0.206. The van der Waals surface area contributed by atoms with Crippen molar-refractivity contribution in [3.05, 3.63) is 22.4 Å². The van der Waals surface area contributed by atoms with Crippen molar-refractivity contribution in [2.45, 2.75) is 37.5 Å². The quantitative estimate of drug-likeness (QED) is 0.901. The van der Waals surface area contributed by atoms with E-state index >= 15 is 0 Å². The van der Waals surface area contributed by atoms with Gasteiger partial charge in [-0.25, -0.2) is 13.1 Å². The van der Waals surface area contributed by atoms with Gasteiger partial charge in [0.1, 0.15) is 5.25 Å². The van der Waals surface area contributed by atoms with Gasteiger partial charge in [-0.3, -0.25) is 0 Å². The van der Waals surface area contributed by atoms with Crippen molar-refractivity contribution < 1.29 is 13.2 Å². The summed E-state index contributed by atoms with van der Waals surface area (Å²) in [5, 5.41) is 1.60. The summed E-state index contributed by atoms with van der Waals surface area (Å²) in [7, 11) is -3.27. The SMILES string of the molecule is C[C@H](CNS(=O)(=O)[C@@H]1CCO[C@H]1C)c1cccs1. The Labute approximate surface area is 112 Å². The molecule has 1 aromatic rings. The van der Waals surface area contributed by atoms with Gasteiger partial charge in [0, 0.05) is 23.9 Å². The molecule has 1 aliphatic heterocycles. The predicted molar refractivity (Wildman–Crippen MR) is 73.5 cm³/mol. The first-order valence-electron chi connectivity index (χ1n) is 6.14. The molecule has 18 heavy (non-hydrogen) atoms. The number of hydrogen-bond donors (Lipinski definition) is 1. The lowest BCUT2D eigenvalue weighted by Crippen LogP contribution is -2.39. The molecule has 0 unspecified atom stereocenters. The van der Waals surface area contributed by atoms with Gasteiger partial charge in [0.2, 0.25) is 10.0 Å². The van der Waals surface area contributed by atoms with E-state index in [1.165, 1.54) is 4.88 Å². The van der Waals surface area contributed by atoms with E-state index < -0.39 is 15.3 Å². The molecule has 1 aromatic heterocycles. The third kappa shape index (κ3) is 3.12. The summed E-state index contributed by atoms with van der Waals surface area (Å²) in [6, 6.07) is 4.02. The Morgan fingerprint density at radius 2 is 2.39 bits per heavy atom. The van der Waals surface area contributed by atoms with Crippen LogP contribution < -0.4 is 4.72 Å². The molecule has 2 heterocycles. The third-order valence-corrected chi connectivity index (χ3v) is 6.41. The maximum absolute atomic E-state index is 12.1. The Kier molecular flexibility index (Phi) is 4.42. The molecule has 0 radical (unpaired) electrons.